The van der Waals surface area contributed by atoms with Crippen LogP contribution in [-0.4, -0.2) is 9.67 Å². The summed E-state index contributed by atoms with van der Waals surface area (Å²) in [6.07, 6.45) is 4.12. The molecule has 1 atom stereocenters. The van der Waals surface area contributed by atoms with Crippen LogP contribution in [0.5, 0.6) is 0 Å². The fourth-order valence-corrected chi connectivity index (χ4v) is 0.757. The molecule has 0 bridgehead atoms. The van der Waals surface area contributed by atoms with Crippen molar-refractivity contribution in [3.63, 3.8) is 0 Å². The summed E-state index contributed by atoms with van der Waals surface area (Å²) < 4.78 is 1.78. The van der Waals surface area contributed by atoms with E-state index in [4.69, 9.17) is 0 Å². The van der Waals surface area contributed by atoms with Crippen molar-refractivity contribution < 1.29 is 5.11 Å². The molecule has 50 valence electrons. The molecule has 0 spiro atoms. The van der Waals surface area contributed by atoms with Gasteiger partial charge in [-0.25, -0.2) is 0 Å². The van der Waals surface area contributed by atoms with Crippen LogP contribution in [0.15, 0.2) is 24.5 Å². The second kappa shape index (κ2) is 2.69. The fraction of sp³-hybridized carbons (Fsp3) is 0.429. The van der Waals surface area contributed by atoms with Crippen molar-refractivity contribution in [1.82, 2.24) is 4.57 Å². The first-order valence-corrected chi connectivity index (χ1v) is 3.15. The Labute approximate surface area is 54.7 Å². The van der Waals surface area contributed by atoms with Gasteiger partial charge >= 0.3 is 0 Å². The molecule has 1 unspecified atom stereocenters. The van der Waals surface area contributed by atoms with Crippen LogP contribution in [0.2, 0.25) is 0 Å². The van der Waals surface area contributed by atoms with Crippen LogP contribution >= 0.6 is 0 Å². The molecule has 0 aliphatic heterocycles. The molecule has 1 N–H and O–H groups in total. The smallest absolute Gasteiger partial charge is 0.129 e. The second-order valence-electron chi connectivity index (χ2n) is 2.02. The summed E-state index contributed by atoms with van der Waals surface area (Å²) in [5, 5.41) is 9.18. The Kier molecular flexibility index (Phi) is 1.90. The fourth-order valence-electron chi connectivity index (χ4n) is 0.757. The van der Waals surface area contributed by atoms with Crippen LogP contribution in [-0.2, 0) is 0 Å². The predicted octanol–water partition coefficient (Wildman–Crippen LogP) is 1.39. The average Bonchev–Trinajstić information content (AvgIpc) is 2.37. The lowest BCUT2D eigenvalue weighted by Crippen LogP contribution is -2.02. The molecule has 1 aromatic rings. The Bertz CT molecular complexity index is 157. The zero-order chi connectivity index (χ0) is 6.69. The van der Waals surface area contributed by atoms with Crippen molar-refractivity contribution in [2.24, 2.45) is 0 Å². The van der Waals surface area contributed by atoms with Crippen LogP contribution in [0.4, 0.5) is 0 Å². The summed E-state index contributed by atoms with van der Waals surface area (Å²) >= 11 is 0. The molecule has 0 radical (unpaired) electrons. The lowest BCUT2D eigenvalue weighted by Gasteiger charge is -2.07. The molecular formula is C7H11NO. The SMILES string of the molecule is CCC(O)n1cccc1. The molecule has 2 nitrogen and oxygen atoms in total. The molecule has 0 fully saturated rings. The van der Waals surface area contributed by atoms with Crippen molar-refractivity contribution in [3.05, 3.63) is 24.5 Å². The predicted molar refractivity (Wildman–Crippen MR) is 36.0 cm³/mol. The molecule has 9 heavy (non-hydrogen) atoms. The van der Waals surface area contributed by atoms with Gasteiger partial charge in [-0.3, -0.25) is 0 Å². The third-order valence-electron chi connectivity index (χ3n) is 1.34. The number of rotatable bonds is 2. The van der Waals surface area contributed by atoms with Gasteiger partial charge in [0.05, 0.1) is 0 Å². The van der Waals surface area contributed by atoms with Crippen molar-refractivity contribution in [1.29, 1.82) is 0 Å². The molecule has 1 aromatic heterocycles. The van der Waals surface area contributed by atoms with Crippen LogP contribution in [0.1, 0.15) is 19.6 Å². The molecule has 2 heteroatoms. The van der Waals surface area contributed by atoms with Gasteiger partial charge in [-0.05, 0) is 18.6 Å². The van der Waals surface area contributed by atoms with E-state index in [1.165, 1.54) is 0 Å². The highest BCUT2D eigenvalue weighted by Crippen LogP contribution is 2.05. The molecule has 1 heterocycles. The van der Waals surface area contributed by atoms with Gasteiger partial charge in [0, 0.05) is 12.4 Å². The van der Waals surface area contributed by atoms with E-state index in [9.17, 15) is 5.11 Å². The second-order valence-corrected chi connectivity index (χ2v) is 2.02. The summed E-state index contributed by atoms with van der Waals surface area (Å²) in [5.41, 5.74) is 0. The zero-order valence-electron chi connectivity index (χ0n) is 5.49. The molecule has 0 aromatic carbocycles. The van der Waals surface area contributed by atoms with E-state index >= 15 is 0 Å². The Morgan fingerprint density at radius 1 is 1.44 bits per heavy atom. The van der Waals surface area contributed by atoms with Gasteiger partial charge in [0.15, 0.2) is 0 Å². The maximum Gasteiger partial charge on any atom is 0.129 e. The van der Waals surface area contributed by atoms with E-state index in [0.29, 0.717) is 0 Å². The maximum absolute atomic E-state index is 9.18. The first-order valence-electron chi connectivity index (χ1n) is 3.15. The van der Waals surface area contributed by atoms with Gasteiger partial charge in [0.1, 0.15) is 6.23 Å². The minimum atomic E-state index is -0.347. The molecule has 1 rings (SSSR count). The van der Waals surface area contributed by atoms with Gasteiger partial charge < -0.3 is 9.67 Å². The Hall–Kier alpha value is -0.760. The molecule has 0 amide bonds. The number of hydrogen-bond acceptors (Lipinski definition) is 1. The Morgan fingerprint density at radius 2 is 2.00 bits per heavy atom. The van der Waals surface area contributed by atoms with Crippen LogP contribution in [0.3, 0.4) is 0 Å². The quantitative estimate of drug-likeness (QED) is 0.634. The molecule has 0 saturated heterocycles. The first kappa shape index (κ1) is 6.36. The molecule has 0 saturated carbocycles. The van der Waals surface area contributed by atoms with Gasteiger partial charge in [-0.1, -0.05) is 6.92 Å². The van der Waals surface area contributed by atoms with Gasteiger partial charge in [0.2, 0.25) is 0 Å². The summed E-state index contributed by atoms with van der Waals surface area (Å²) in [6.45, 7) is 1.95. The summed E-state index contributed by atoms with van der Waals surface area (Å²) in [5.74, 6) is 0. The van der Waals surface area contributed by atoms with Crippen LogP contribution in [0.25, 0.3) is 0 Å². The topological polar surface area (TPSA) is 25.2 Å². The highest BCUT2D eigenvalue weighted by molar-refractivity contribution is 4.91. The monoisotopic (exact) mass is 125 g/mol. The van der Waals surface area contributed by atoms with E-state index in [-0.39, 0.29) is 6.23 Å². The van der Waals surface area contributed by atoms with Crippen molar-refractivity contribution in [3.8, 4) is 0 Å². The van der Waals surface area contributed by atoms with Gasteiger partial charge in [-0.2, -0.15) is 0 Å². The number of nitrogens with zero attached hydrogens (tertiary/aromatic N) is 1. The van der Waals surface area contributed by atoms with Crippen molar-refractivity contribution in [2.75, 3.05) is 0 Å². The highest BCUT2D eigenvalue weighted by Gasteiger charge is 1.97. The van der Waals surface area contributed by atoms with Gasteiger partial charge in [0.25, 0.3) is 0 Å². The minimum Gasteiger partial charge on any atom is -0.373 e. The van der Waals surface area contributed by atoms with Crippen molar-refractivity contribution in [2.45, 2.75) is 19.6 Å². The Balaban J connectivity index is 2.65. The first-order chi connectivity index (χ1) is 4.34. The highest BCUT2D eigenvalue weighted by atomic mass is 16.3. The summed E-state index contributed by atoms with van der Waals surface area (Å²) in [6, 6.07) is 3.80. The average molecular weight is 125 g/mol. The van der Waals surface area contributed by atoms with E-state index in [2.05, 4.69) is 0 Å². The summed E-state index contributed by atoms with van der Waals surface area (Å²) in [4.78, 5) is 0. The largest absolute Gasteiger partial charge is 0.373 e. The normalized spacial score (nSPS) is 13.6. The van der Waals surface area contributed by atoms with E-state index in [1.807, 2.05) is 31.5 Å². The number of aromatic nitrogens is 1. The van der Waals surface area contributed by atoms with Crippen LogP contribution < -0.4 is 0 Å². The maximum atomic E-state index is 9.18. The standard InChI is InChI=1S/C7H11NO/c1-2-7(9)8-5-3-4-6-8/h3-7,9H,2H2,1H3. The summed E-state index contributed by atoms with van der Waals surface area (Å²) in [7, 11) is 0. The van der Waals surface area contributed by atoms with Crippen LogP contribution in [0, 0.1) is 0 Å². The molecular weight excluding hydrogens is 114 g/mol. The van der Waals surface area contributed by atoms with E-state index in [1.54, 1.807) is 4.57 Å². The number of aliphatic hydroxyl groups excluding tert-OH is 1. The van der Waals surface area contributed by atoms with Crippen molar-refractivity contribution >= 4 is 0 Å². The van der Waals surface area contributed by atoms with E-state index in [0.717, 1.165) is 6.42 Å². The Morgan fingerprint density at radius 3 is 2.44 bits per heavy atom. The molecule has 0 aliphatic carbocycles. The van der Waals surface area contributed by atoms with E-state index < -0.39 is 0 Å². The molecule has 0 aliphatic rings. The third kappa shape index (κ3) is 1.33. The third-order valence-corrected chi connectivity index (χ3v) is 1.34. The lowest BCUT2D eigenvalue weighted by molar-refractivity contribution is 0.100. The lowest BCUT2D eigenvalue weighted by atomic mass is 10.4. The van der Waals surface area contributed by atoms with Gasteiger partial charge in [-0.15, -0.1) is 0 Å². The number of hydrogen-bond donors (Lipinski definition) is 1. The number of aliphatic hydroxyl groups is 1. The zero-order valence-corrected chi connectivity index (χ0v) is 5.49. The minimum absolute atomic E-state index is 0.347.